The summed E-state index contributed by atoms with van der Waals surface area (Å²) in [5.74, 6) is -1.86. The minimum atomic E-state index is -3.98. The average Bonchev–Trinajstić information content (AvgIpc) is 2.72. The van der Waals surface area contributed by atoms with Gasteiger partial charge in [-0.2, -0.15) is 4.31 Å². The Morgan fingerprint density at radius 1 is 1.62 bits per heavy atom. The molecule has 0 bridgehead atoms. The van der Waals surface area contributed by atoms with Crippen LogP contribution in [0.3, 0.4) is 0 Å². The van der Waals surface area contributed by atoms with Crippen LogP contribution in [-0.4, -0.2) is 48.8 Å². The smallest absolute Gasteiger partial charge is 0.305 e. The molecule has 1 aromatic rings. The lowest BCUT2D eigenvalue weighted by atomic mass is 10.1. The van der Waals surface area contributed by atoms with Gasteiger partial charge in [0.25, 0.3) is 10.0 Å². The first-order valence-electron chi connectivity index (χ1n) is 5.69. The number of nitrogens with one attached hydrogen (secondary N) is 1. The zero-order chi connectivity index (χ0) is 15.8. The SMILES string of the molecule is O=C(O)CC1C(=O)NCCN1S(=O)(=O)c1cc(Cl)c(Br)s1. The summed E-state index contributed by atoms with van der Waals surface area (Å²) in [6.45, 7) is 0.146. The van der Waals surface area contributed by atoms with Gasteiger partial charge in [0, 0.05) is 13.1 Å². The summed E-state index contributed by atoms with van der Waals surface area (Å²) >= 11 is 9.87. The molecule has 1 aliphatic rings. The maximum Gasteiger partial charge on any atom is 0.305 e. The van der Waals surface area contributed by atoms with Crippen LogP contribution in [0.15, 0.2) is 14.1 Å². The maximum atomic E-state index is 12.6. The highest BCUT2D eigenvalue weighted by Gasteiger charge is 2.40. The van der Waals surface area contributed by atoms with Crippen LogP contribution >= 0.6 is 38.9 Å². The number of thiophene rings is 1. The number of piperazine rings is 1. The Kier molecular flexibility index (Phi) is 4.93. The fourth-order valence-electron chi connectivity index (χ4n) is 1.91. The number of halogens is 2. The van der Waals surface area contributed by atoms with E-state index in [-0.39, 0.29) is 22.3 Å². The molecular formula is C10H10BrClN2O5S2. The Bertz CT molecular complexity index is 670. The molecule has 0 aromatic carbocycles. The number of rotatable bonds is 4. The van der Waals surface area contributed by atoms with Gasteiger partial charge in [-0.15, -0.1) is 11.3 Å². The molecule has 0 aliphatic carbocycles. The summed E-state index contributed by atoms with van der Waals surface area (Å²) in [5, 5.41) is 11.6. The molecule has 116 valence electrons. The molecule has 0 radical (unpaired) electrons. The molecule has 7 nitrogen and oxygen atoms in total. The Balaban J connectivity index is 2.40. The van der Waals surface area contributed by atoms with Crippen molar-refractivity contribution >= 4 is 60.8 Å². The number of carbonyl (C=O) groups excluding carboxylic acids is 1. The fourth-order valence-corrected chi connectivity index (χ4v) is 6.03. The van der Waals surface area contributed by atoms with Gasteiger partial charge in [0.05, 0.1) is 15.2 Å². The summed E-state index contributed by atoms with van der Waals surface area (Å²) in [6, 6.07) is 0.0107. The Hall–Kier alpha value is -0.680. The van der Waals surface area contributed by atoms with Gasteiger partial charge in [0.15, 0.2) is 0 Å². The maximum absolute atomic E-state index is 12.6. The van der Waals surface area contributed by atoms with E-state index in [4.69, 9.17) is 16.7 Å². The first-order valence-corrected chi connectivity index (χ1v) is 9.12. The van der Waals surface area contributed by atoms with Gasteiger partial charge in [-0.05, 0) is 22.0 Å². The predicted molar refractivity (Wildman–Crippen MR) is 80.0 cm³/mol. The minimum Gasteiger partial charge on any atom is -0.481 e. The van der Waals surface area contributed by atoms with E-state index in [0.717, 1.165) is 15.6 Å². The van der Waals surface area contributed by atoms with E-state index in [9.17, 15) is 18.0 Å². The van der Waals surface area contributed by atoms with Gasteiger partial charge >= 0.3 is 5.97 Å². The van der Waals surface area contributed by atoms with Crippen molar-refractivity contribution in [2.45, 2.75) is 16.7 Å². The van der Waals surface area contributed by atoms with E-state index < -0.39 is 34.4 Å². The largest absolute Gasteiger partial charge is 0.481 e. The molecule has 11 heteroatoms. The number of sulfonamides is 1. The van der Waals surface area contributed by atoms with Crippen LogP contribution in [0.1, 0.15) is 6.42 Å². The van der Waals surface area contributed by atoms with Crippen LogP contribution in [0.25, 0.3) is 0 Å². The van der Waals surface area contributed by atoms with Crippen LogP contribution in [0.5, 0.6) is 0 Å². The first-order chi connectivity index (χ1) is 9.73. The number of amides is 1. The van der Waals surface area contributed by atoms with Crippen molar-refractivity contribution in [3.63, 3.8) is 0 Å². The van der Waals surface area contributed by atoms with Gasteiger partial charge in [-0.1, -0.05) is 11.6 Å². The summed E-state index contributed by atoms with van der Waals surface area (Å²) < 4.78 is 26.5. The Morgan fingerprint density at radius 2 is 2.29 bits per heavy atom. The third kappa shape index (κ3) is 3.39. The Morgan fingerprint density at radius 3 is 2.81 bits per heavy atom. The third-order valence-electron chi connectivity index (χ3n) is 2.84. The van der Waals surface area contributed by atoms with Crippen molar-refractivity contribution in [2.24, 2.45) is 0 Å². The number of carbonyl (C=O) groups is 2. The van der Waals surface area contributed by atoms with E-state index in [2.05, 4.69) is 21.2 Å². The number of carboxylic acids is 1. The van der Waals surface area contributed by atoms with E-state index in [1.807, 2.05) is 0 Å². The predicted octanol–water partition coefficient (Wildman–Crippen LogP) is 1.13. The van der Waals surface area contributed by atoms with E-state index >= 15 is 0 Å². The Labute approximate surface area is 138 Å². The summed E-state index contributed by atoms with van der Waals surface area (Å²) in [4.78, 5) is 22.6. The topological polar surface area (TPSA) is 104 Å². The number of hydrogen-bond acceptors (Lipinski definition) is 5. The van der Waals surface area contributed by atoms with E-state index in [0.29, 0.717) is 3.79 Å². The third-order valence-corrected chi connectivity index (χ3v) is 7.67. The van der Waals surface area contributed by atoms with Crippen molar-refractivity contribution in [2.75, 3.05) is 13.1 Å². The van der Waals surface area contributed by atoms with Gasteiger partial charge in [0.2, 0.25) is 5.91 Å². The summed E-state index contributed by atoms with van der Waals surface area (Å²) in [5.41, 5.74) is 0. The lowest BCUT2D eigenvalue weighted by Crippen LogP contribution is -2.57. The molecule has 0 saturated carbocycles. The van der Waals surface area contributed by atoms with Crippen molar-refractivity contribution in [1.29, 1.82) is 0 Å². The molecule has 1 fully saturated rings. The normalized spacial score (nSPS) is 20.3. The summed E-state index contributed by atoms with van der Waals surface area (Å²) in [7, 11) is -3.98. The van der Waals surface area contributed by atoms with Gasteiger partial charge in [-0.3, -0.25) is 9.59 Å². The monoisotopic (exact) mass is 416 g/mol. The summed E-state index contributed by atoms with van der Waals surface area (Å²) in [6.07, 6.45) is -0.592. The standard InChI is InChI=1S/C10H10BrClN2O5S2/c11-9-5(12)3-8(20-9)21(18,19)14-2-1-13-10(17)6(14)4-7(15)16/h3,6H,1-2,4H2,(H,13,17)(H,15,16). The molecule has 1 atom stereocenters. The van der Waals surface area contributed by atoms with Crippen LogP contribution in [0, 0.1) is 0 Å². The molecule has 1 saturated heterocycles. The molecule has 1 aliphatic heterocycles. The molecule has 21 heavy (non-hydrogen) atoms. The fraction of sp³-hybridized carbons (Fsp3) is 0.400. The number of carboxylic acid groups (broad SMARTS) is 1. The molecule has 1 unspecified atom stereocenters. The highest BCUT2D eigenvalue weighted by molar-refractivity contribution is 9.11. The van der Waals surface area contributed by atoms with Crippen molar-refractivity contribution in [1.82, 2.24) is 9.62 Å². The minimum absolute atomic E-state index is 0.0131. The van der Waals surface area contributed by atoms with E-state index in [1.165, 1.54) is 6.07 Å². The van der Waals surface area contributed by atoms with Crippen molar-refractivity contribution < 1.29 is 23.1 Å². The van der Waals surface area contributed by atoms with Crippen LogP contribution in [-0.2, 0) is 19.6 Å². The highest BCUT2D eigenvalue weighted by atomic mass is 79.9. The van der Waals surface area contributed by atoms with Gasteiger partial charge in [-0.25, -0.2) is 8.42 Å². The molecular weight excluding hydrogens is 408 g/mol. The highest BCUT2D eigenvalue weighted by Crippen LogP contribution is 2.36. The van der Waals surface area contributed by atoms with E-state index in [1.54, 1.807) is 0 Å². The number of hydrogen-bond donors (Lipinski definition) is 2. The zero-order valence-electron chi connectivity index (χ0n) is 10.4. The second kappa shape index (κ2) is 6.21. The average molecular weight is 418 g/mol. The second-order valence-electron chi connectivity index (χ2n) is 4.21. The van der Waals surface area contributed by atoms with Gasteiger partial charge in [0.1, 0.15) is 10.3 Å². The zero-order valence-corrected chi connectivity index (χ0v) is 14.4. The molecule has 1 amide bonds. The second-order valence-corrected chi connectivity index (χ2v) is 9.10. The molecule has 2 N–H and O–H groups in total. The lowest BCUT2D eigenvalue weighted by molar-refractivity contribution is -0.141. The van der Waals surface area contributed by atoms with Crippen LogP contribution in [0.2, 0.25) is 5.02 Å². The molecule has 0 spiro atoms. The van der Waals surface area contributed by atoms with Crippen LogP contribution < -0.4 is 5.32 Å². The lowest BCUT2D eigenvalue weighted by Gasteiger charge is -2.32. The molecule has 2 heterocycles. The number of nitrogens with zero attached hydrogens (tertiary/aromatic N) is 1. The van der Waals surface area contributed by atoms with Crippen LogP contribution in [0.4, 0.5) is 0 Å². The quantitative estimate of drug-likeness (QED) is 0.764. The van der Waals surface area contributed by atoms with Crippen molar-refractivity contribution in [3.05, 3.63) is 14.9 Å². The molecule has 1 aromatic heterocycles. The molecule has 2 rings (SSSR count). The number of aliphatic carboxylic acids is 1. The van der Waals surface area contributed by atoms with Gasteiger partial charge < -0.3 is 10.4 Å². The van der Waals surface area contributed by atoms with Crippen molar-refractivity contribution in [3.8, 4) is 0 Å². The first kappa shape index (κ1) is 16.7.